The van der Waals surface area contributed by atoms with Crippen LogP contribution in [0.25, 0.3) is 0 Å². The highest BCUT2D eigenvalue weighted by Crippen LogP contribution is 2.31. The molecule has 0 aliphatic heterocycles. The lowest BCUT2D eigenvalue weighted by Gasteiger charge is -2.24. The van der Waals surface area contributed by atoms with Gasteiger partial charge < -0.3 is 20.9 Å². The number of hydrogen-bond acceptors (Lipinski definition) is 6. The summed E-state index contributed by atoms with van der Waals surface area (Å²) in [7, 11) is 1.96. The minimum atomic E-state index is -0.203. The van der Waals surface area contributed by atoms with E-state index in [2.05, 4.69) is 52.5 Å². The van der Waals surface area contributed by atoms with Crippen molar-refractivity contribution >= 4 is 29.5 Å². The molecule has 8 nitrogen and oxygen atoms in total. The average molecular weight is 593 g/mol. The molecule has 0 saturated heterocycles. The lowest BCUT2D eigenvalue weighted by molar-refractivity contribution is -0.115. The smallest absolute Gasteiger partial charge is 0.315 e. The monoisotopic (exact) mass is 592 g/mol. The van der Waals surface area contributed by atoms with Crippen LogP contribution in [0.5, 0.6) is 0 Å². The molecule has 1 heterocycles. The molecule has 0 atom stereocenters. The van der Waals surface area contributed by atoms with Crippen LogP contribution in [0.4, 0.5) is 10.6 Å². The van der Waals surface area contributed by atoms with Gasteiger partial charge in [-0.3, -0.25) is 4.79 Å². The van der Waals surface area contributed by atoms with Crippen molar-refractivity contribution < 1.29 is 9.59 Å². The van der Waals surface area contributed by atoms with Gasteiger partial charge in [0, 0.05) is 38.7 Å². The average Bonchev–Trinajstić information content (AvgIpc) is 2.97. The van der Waals surface area contributed by atoms with Crippen LogP contribution in [-0.4, -0.2) is 47.2 Å². The standard InChI is InChI=1S/C33H48N6O2S/c1-10-24(5)20-32(40)36-31-19-18-30(37-38-31)17-15-14-16-26(7)42-27(8)39(9)25(6)21-28(11-2)22-29(12-3)23-35-33(41)34-13-4/h10-12,18-19,22H,3,6-8,13-17,20-21,23H2,1-2,4-5,9H3,(H2,34,35,41)(H,36,38,40)/b24-10+,28-11-,29-22+. The predicted molar refractivity (Wildman–Crippen MR) is 179 cm³/mol. The van der Waals surface area contributed by atoms with Gasteiger partial charge in [0.1, 0.15) is 0 Å². The van der Waals surface area contributed by atoms with Crippen LogP contribution >= 0.6 is 11.8 Å². The van der Waals surface area contributed by atoms with Crippen molar-refractivity contribution in [2.75, 3.05) is 25.5 Å². The quantitative estimate of drug-likeness (QED) is 0.0879. The fraction of sp³-hybridized carbons (Fsp3) is 0.394. The maximum Gasteiger partial charge on any atom is 0.315 e. The number of anilines is 1. The number of thioether (sulfide) groups is 1. The molecule has 228 valence electrons. The van der Waals surface area contributed by atoms with Gasteiger partial charge in [0.15, 0.2) is 5.82 Å². The van der Waals surface area contributed by atoms with Crippen molar-refractivity contribution in [3.05, 3.63) is 101 Å². The van der Waals surface area contributed by atoms with Crippen LogP contribution in [0.2, 0.25) is 0 Å². The fourth-order valence-corrected chi connectivity index (χ4v) is 4.45. The summed E-state index contributed by atoms with van der Waals surface area (Å²) in [5, 5.41) is 17.6. The normalized spacial score (nSPS) is 11.9. The lowest BCUT2D eigenvalue weighted by Crippen LogP contribution is -2.36. The fourth-order valence-electron chi connectivity index (χ4n) is 3.61. The van der Waals surface area contributed by atoms with Gasteiger partial charge in [-0.25, -0.2) is 4.79 Å². The Hall–Kier alpha value is -3.85. The van der Waals surface area contributed by atoms with E-state index in [1.807, 2.05) is 63.9 Å². The van der Waals surface area contributed by atoms with Crippen molar-refractivity contribution in [1.82, 2.24) is 25.7 Å². The first-order valence-corrected chi connectivity index (χ1v) is 15.0. The number of hydrogen-bond donors (Lipinski definition) is 3. The van der Waals surface area contributed by atoms with Crippen LogP contribution in [0, 0.1) is 0 Å². The van der Waals surface area contributed by atoms with Crippen LogP contribution in [0.15, 0.2) is 95.1 Å². The van der Waals surface area contributed by atoms with E-state index in [0.29, 0.717) is 31.7 Å². The molecule has 0 radical (unpaired) electrons. The first-order chi connectivity index (χ1) is 20.0. The molecule has 3 N–H and O–H groups in total. The summed E-state index contributed by atoms with van der Waals surface area (Å²) < 4.78 is 0. The maximum absolute atomic E-state index is 12.0. The minimum Gasteiger partial charge on any atom is -0.343 e. The number of amides is 3. The molecule has 42 heavy (non-hydrogen) atoms. The third kappa shape index (κ3) is 14.7. The second kappa shape index (κ2) is 20.1. The van der Waals surface area contributed by atoms with Gasteiger partial charge in [0.05, 0.1) is 10.7 Å². The Morgan fingerprint density at radius 2 is 1.76 bits per heavy atom. The predicted octanol–water partition coefficient (Wildman–Crippen LogP) is 7.42. The first-order valence-electron chi connectivity index (χ1n) is 14.2. The second-order valence-corrected chi connectivity index (χ2v) is 11.1. The van der Waals surface area contributed by atoms with E-state index in [4.69, 9.17) is 0 Å². The summed E-state index contributed by atoms with van der Waals surface area (Å²) in [6.45, 7) is 25.2. The number of carbonyl (C=O) groups excluding carboxylic acids is 2. The third-order valence-electron chi connectivity index (χ3n) is 6.37. The summed E-state index contributed by atoms with van der Waals surface area (Å²) in [4.78, 5) is 26.7. The van der Waals surface area contributed by atoms with Crippen molar-refractivity contribution in [3.63, 3.8) is 0 Å². The van der Waals surface area contributed by atoms with Crippen molar-refractivity contribution in [3.8, 4) is 0 Å². The molecule has 0 spiro atoms. The van der Waals surface area contributed by atoms with Gasteiger partial charge >= 0.3 is 6.03 Å². The number of allylic oxidation sites excluding steroid dienone is 5. The molecule has 0 fully saturated rings. The Morgan fingerprint density at radius 1 is 1.02 bits per heavy atom. The number of carbonyl (C=O) groups is 2. The lowest BCUT2D eigenvalue weighted by atomic mass is 10.1. The number of aromatic nitrogens is 2. The molecule has 0 aliphatic rings. The number of nitrogens with one attached hydrogen (secondary N) is 3. The van der Waals surface area contributed by atoms with Crippen LogP contribution in [0.3, 0.4) is 0 Å². The van der Waals surface area contributed by atoms with E-state index >= 15 is 0 Å². The zero-order valence-corrected chi connectivity index (χ0v) is 26.8. The highest BCUT2D eigenvalue weighted by Gasteiger charge is 2.11. The molecule has 0 aromatic carbocycles. The highest BCUT2D eigenvalue weighted by molar-refractivity contribution is 8.06. The Kier molecular flexibility index (Phi) is 17.3. The van der Waals surface area contributed by atoms with Crippen LogP contribution in [-0.2, 0) is 11.2 Å². The maximum atomic E-state index is 12.0. The summed E-state index contributed by atoms with van der Waals surface area (Å²) in [6, 6.07) is 3.50. The Bertz CT molecular complexity index is 1200. The largest absolute Gasteiger partial charge is 0.343 e. The molecule has 1 rings (SSSR count). The highest BCUT2D eigenvalue weighted by atomic mass is 32.2. The SMILES string of the molecule is C=C/C(=C\C(=C/C)CC(=C)N(C)C(=C)SC(=C)CCCCc1ccc(NC(=O)C/C(C)=C/C)nn1)CNC(=O)NCC. The van der Waals surface area contributed by atoms with Crippen molar-refractivity contribution in [1.29, 1.82) is 0 Å². The van der Waals surface area contributed by atoms with Crippen LogP contribution < -0.4 is 16.0 Å². The third-order valence-corrected chi connectivity index (χ3v) is 7.37. The minimum absolute atomic E-state index is 0.0946. The molecule has 1 aromatic rings. The summed E-state index contributed by atoms with van der Waals surface area (Å²) >= 11 is 1.56. The van der Waals surface area contributed by atoms with E-state index in [0.717, 1.165) is 63.7 Å². The van der Waals surface area contributed by atoms with E-state index < -0.39 is 0 Å². The number of nitrogens with zero attached hydrogens (tertiary/aromatic N) is 3. The molecule has 0 unspecified atom stereocenters. The second-order valence-electron chi connectivity index (χ2n) is 9.81. The first kappa shape index (κ1) is 36.2. The summed E-state index contributed by atoms with van der Waals surface area (Å²) in [5.41, 5.74) is 4.79. The van der Waals surface area contributed by atoms with Crippen LogP contribution in [0.1, 0.15) is 65.5 Å². The summed E-state index contributed by atoms with van der Waals surface area (Å²) in [5.74, 6) is 0.372. The van der Waals surface area contributed by atoms with Gasteiger partial charge in [0.25, 0.3) is 0 Å². The molecule has 9 heteroatoms. The Morgan fingerprint density at radius 3 is 2.36 bits per heavy atom. The number of unbranched alkanes of at least 4 members (excludes halogenated alkanes) is 1. The van der Waals surface area contributed by atoms with Crippen molar-refractivity contribution in [2.24, 2.45) is 0 Å². The van der Waals surface area contributed by atoms with Gasteiger partial charge in [0.2, 0.25) is 5.91 Å². The molecule has 0 bridgehead atoms. The van der Waals surface area contributed by atoms with Crippen molar-refractivity contribution in [2.45, 2.75) is 66.2 Å². The zero-order valence-electron chi connectivity index (χ0n) is 26.0. The van der Waals surface area contributed by atoms with E-state index in [1.165, 1.54) is 0 Å². The van der Waals surface area contributed by atoms with E-state index in [1.54, 1.807) is 23.9 Å². The van der Waals surface area contributed by atoms with E-state index in [9.17, 15) is 9.59 Å². The molecule has 0 saturated carbocycles. The number of aryl methyl sites for hydroxylation is 1. The molecular weight excluding hydrogens is 544 g/mol. The molecule has 0 aliphatic carbocycles. The van der Waals surface area contributed by atoms with Gasteiger partial charge in [-0.2, -0.15) is 5.10 Å². The Balaban J connectivity index is 2.46. The van der Waals surface area contributed by atoms with E-state index in [-0.39, 0.29) is 11.9 Å². The zero-order chi connectivity index (χ0) is 31.5. The van der Waals surface area contributed by atoms with Gasteiger partial charge in [-0.15, -0.1) is 5.10 Å². The van der Waals surface area contributed by atoms with Gasteiger partial charge in [-0.05, 0) is 81.6 Å². The van der Waals surface area contributed by atoms with Gasteiger partial charge in [-0.1, -0.05) is 68.0 Å². The number of urea groups is 1. The molecular formula is C33H48N6O2S. The topological polar surface area (TPSA) is 99.2 Å². The molecule has 1 aromatic heterocycles. The number of rotatable bonds is 19. The summed E-state index contributed by atoms with van der Waals surface area (Å²) in [6.07, 6.45) is 12.3. The Labute approximate surface area is 256 Å². The molecule has 3 amide bonds.